The third-order valence-corrected chi connectivity index (χ3v) is 3.39. The lowest BCUT2D eigenvalue weighted by Crippen LogP contribution is -2.23. The van der Waals surface area contributed by atoms with E-state index in [1.165, 1.54) is 0 Å². The highest BCUT2D eigenvalue weighted by Crippen LogP contribution is 2.20. The van der Waals surface area contributed by atoms with E-state index in [9.17, 15) is 0 Å². The first-order chi connectivity index (χ1) is 8.13. The first-order valence-corrected chi connectivity index (χ1v) is 6.02. The quantitative estimate of drug-likeness (QED) is 0.879. The number of rotatable bonds is 4. The molecule has 0 radical (unpaired) electrons. The van der Waals surface area contributed by atoms with Gasteiger partial charge in [-0.1, -0.05) is 20.3 Å². The molecule has 92 valence electrons. The summed E-state index contributed by atoms with van der Waals surface area (Å²) < 4.78 is 1.76. The highest BCUT2D eigenvalue weighted by atomic mass is 15.3. The highest BCUT2D eigenvalue weighted by molar-refractivity contribution is 5.86. The van der Waals surface area contributed by atoms with Crippen LogP contribution in [0.5, 0.6) is 0 Å². The maximum Gasteiger partial charge on any atom is 0.163 e. The molecule has 2 aromatic heterocycles. The summed E-state index contributed by atoms with van der Waals surface area (Å²) in [6, 6.07) is 0.387. The van der Waals surface area contributed by atoms with E-state index in [0.29, 0.717) is 12.0 Å². The molecule has 0 bridgehead atoms. The van der Waals surface area contributed by atoms with Crippen LogP contribution in [0, 0.1) is 5.92 Å². The molecule has 0 aromatic carbocycles. The molecular formula is C12H19N5. The minimum atomic E-state index is 0.387. The van der Waals surface area contributed by atoms with Crippen LogP contribution in [0.2, 0.25) is 0 Å². The molecule has 0 spiro atoms. The molecule has 2 atom stereocenters. The lowest BCUT2D eigenvalue weighted by atomic mass is 10.0. The molecule has 0 amide bonds. The van der Waals surface area contributed by atoms with Crippen molar-refractivity contribution >= 4 is 16.9 Å². The number of hydrogen-bond donors (Lipinski definition) is 1. The Morgan fingerprint density at radius 1 is 1.35 bits per heavy atom. The van der Waals surface area contributed by atoms with Gasteiger partial charge in [0.2, 0.25) is 0 Å². The van der Waals surface area contributed by atoms with E-state index in [1.807, 2.05) is 7.05 Å². The van der Waals surface area contributed by atoms with Crippen molar-refractivity contribution in [1.82, 2.24) is 19.7 Å². The molecule has 0 saturated heterocycles. The number of hydrogen-bond acceptors (Lipinski definition) is 4. The Morgan fingerprint density at radius 3 is 2.82 bits per heavy atom. The van der Waals surface area contributed by atoms with E-state index in [0.717, 1.165) is 23.3 Å². The molecule has 5 nitrogen and oxygen atoms in total. The van der Waals surface area contributed by atoms with Crippen molar-refractivity contribution in [3.63, 3.8) is 0 Å². The van der Waals surface area contributed by atoms with Crippen LogP contribution in [0.1, 0.15) is 27.2 Å². The SMILES string of the molecule is CC[C@H](C)[C@@H](C)Nc1ncnc2c1cnn2C. The molecule has 5 heteroatoms. The van der Waals surface area contributed by atoms with Gasteiger partial charge in [0, 0.05) is 13.1 Å². The average Bonchev–Trinajstić information content (AvgIpc) is 2.71. The predicted octanol–water partition coefficient (Wildman–Crippen LogP) is 2.21. The molecule has 0 aliphatic carbocycles. The summed E-state index contributed by atoms with van der Waals surface area (Å²) in [7, 11) is 1.89. The fraction of sp³-hybridized carbons (Fsp3) is 0.583. The number of aromatic nitrogens is 4. The second-order valence-corrected chi connectivity index (χ2v) is 4.55. The van der Waals surface area contributed by atoms with Crippen LogP contribution in [-0.4, -0.2) is 25.8 Å². The first kappa shape index (κ1) is 11.8. The maximum absolute atomic E-state index is 4.30. The lowest BCUT2D eigenvalue weighted by Gasteiger charge is -2.20. The van der Waals surface area contributed by atoms with Crippen molar-refractivity contribution in [2.45, 2.75) is 33.2 Å². The number of aryl methyl sites for hydroxylation is 1. The predicted molar refractivity (Wildman–Crippen MR) is 68.8 cm³/mol. The normalized spacial score (nSPS) is 14.8. The summed E-state index contributed by atoms with van der Waals surface area (Å²) in [5.74, 6) is 1.48. The zero-order valence-corrected chi connectivity index (χ0v) is 10.8. The second kappa shape index (κ2) is 4.69. The van der Waals surface area contributed by atoms with Crippen LogP contribution in [-0.2, 0) is 7.05 Å². The van der Waals surface area contributed by atoms with Gasteiger partial charge in [-0.25, -0.2) is 9.97 Å². The molecule has 0 saturated carbocycles. The fourth-order valence-corrected chi connectivity index (χ4v) is 1.79. The number of anilines is 1. The lowest BCUT2D eigenvalue weighted by molar-refractivity contribution is 0.494. The van der Waals surface area contributed by atoms with E-state index in [-0.39, 0.29) is 0 Å². The van der Waals surface area contributed by atoms with E-state index in [4.69, 9.17) is 0 Å². The molecule has 0 unspecified atom stereocenters. The largest absolute Gasteiger partial charge is 0.367 e. The van der Waals surface area contributed by atoms with Crippen LogP contribution < -0.4 is 5.32 Å². The second-order valence-electron chi connectivity index (χ2n) is 4.55. The van der Waals surface area contributed by atoms with Crippen molar-refractivity contribution in [2.24, 2.45) is 13.0 Å². The van der Waals surface area contributed by atoms with Crippen LogP contribution in [0.15, 0.2) is 12.5 Å². The Labute approximate surface area is 101 Å². The Balaban J connectivity index is 2.30. The Morgan fingerprint density at radius 2 is 2.12 bits per heavy atom. The Hall–Kier alpha value is -1.65. The fourth-order valence-electron chi connectivity index (χ4n) is 1.79. The highest BCUT2D eigenvalue weighted by Gasteiger charge is 2.13. The Bertz CT molecular complexity index is 505. The van der Waals surface area contributed by atoms with Gasteiger partial charge in [-0.15, -0.1) is 0 Å². The van der Waals surface area contributed by atoms with Crippen molar-refractivity contribution in [1.29, 1.82) is 0 Å². The molecular weight excluding hydrogens is 214 g/mol. The third-order valence-electron chi connectivity index (χ3n) is 3.39. The molecule has 2 aromatic rings. The topological polar surface area (TPSA) is 55.6 Å². The van der Waals surface area contributed by atoms with Gasteiger partial charge in [-0.2, -0.15) is 5.10 Å². The van der Waals surface area contributed by atoms with Gasteiger partial charge in [-0.3, -0.25) is 4.68 Å². The van der Waals surface area contributed by atoms with Crippen LogP contribution in [0.25, 0.3) is 11.0 Å². The first-order valence-electron chi connectivity index (χ1n) is 6.02. The monoisotopic (exact) mass is 233 g/mol. The van der Waals surface area contributed by atoms with Crippen LogP contribution in [0.4, 0.5) is 5.82 Å². The minimum Gasteiger partial charge on any atom is -0.367 e. The van der Waals surface area contributed by atoms with Gasteiger partial charge < -0.3 is 5.32 Å². The van der Waals surface area contributed by atoms with Crippen LogP contribution >= 0.6 is 0 Å². The summed E-state index contributed by atoms with van der Waals surface area (Å²) in [4.78, 5) is 8.52. The van der Waals surface area contributed by atoms with Crippen molar-refractivity contribution in [2.75, 3.05) is 5.32 Å². The van der Waals surface area contributed by atoms with Crippen LogP contribution in [0.3, 0.4) is 0 Å². The molecule has 2 rings (SSSR count). The zero-order chi connectivity index (χ0) is 12.4. The van der Waals surface area contributed by atoms with Gasteiger partial charge >= 0.3 is 0 Å². The summed E-state index contributed by atoms with van der Waals surface area (Å²) in [6.07, 6.45) is 4.53. The molecule has 0 aliphatic heterocycles. The van der Waals surface area contributed by atoms with Gasteiger partial charge in [0.25, 0.3) is 0 Å². The van der Waals surface area contributed by atoms with E-state index in [2.05, 4.69) is 41.2 Å². The zero-order valence-electron chi connectivity index (χ0n) is 10.8. The average molecular weight is 233 g/mol. The smallest absolute Gasteiger partial charge is 0.163 e. The third kappa shape index (κ3) is 2.23. The van der Waals surface area contributed by atoms with E-state index in [1.54, 1.807) is 17.2 Å². The summed E-state index contributed by atoms with van der Waals surface area (Å²) >= 11 is 0. The maximum atomic E-state index is 4.30. The van der Waals surface area contributed by atoms with E-state index >= 15 is 0 Å². The molecule has 1 N–H and O–H groups in total. The van der Waals surface area contributed by atoms with Crippen molar-refractivity contribution in [3.8, 4) is 0 Å². The number of fused-ring (bicyclic) bond motifs is 1. The standard InChI is InChI=1S/C12H19N5/c1-5-8(2)9(3)16-11-10-6-15-17(4)12(10)14-7-13-11/h6-9H,5H2,1-4H3,(H,13,14,16)/t8-,9+/m0/s1. The molecule has 2 heterocycles. The van der Waals surface area contributed by atoms with E-state index < -0.39 is 0 Å². The van der Waals surface area contributed by atoms with Gasteiger partial charge in [-0.05, 0) is 12.8 Å². The molecule has 0 aliphatic rings. The Kier molecular flexibility index (Phi) is 3.26. The number of nitrogens with zero attached hydrogens (tertiary/aromatic N) is 4. The molecule has 17 heavy (non-hydrogen) atoms. The summed E-state index contributed by atoms with van der Waals surface area (Å²) in [5.41, 5.74) is 0.860. The van der Waals surface area contributed by atoms with Crippen molar-refractivity contribution in [3.05, 3.63) is 12.5 Å². The summed E-state index contributed by atoms with van der Waals surface area (Å²) in [5, 5.41) is 8.62. The van der Waals surface area contributed by atoms with Gasteiger partial charge in [0.1, 0.15) is 12.1 Å². The molecule has 0 fully saturated rings. The number of nitrogens with one attached hydrogen (secondary N) is 1. The van der Waals surface area contributed by atoms with Crippen molar-refractivity contribution < 1.29 is 0 Å². The van der Waals surface area contributed by atoms with Gasteiger partial charge in [0.15, 0.2) is 5.65 Å². The minimum absolute atomic E-state index is 0.387. The van der Waals surface area contributed by atoms with Gasteiger partial charge in [0.05, 0.1) is 11.6 Å². The summed E-state index contributed by atoms with van der Waals surface area (Å²) in [6.45, 7) is 6.61.